The molecule has 0 aliphatic carbocycles. The van der Waals surface area contributed by atoms with E-state index in [1.807, 2.05) is 0 Å². The van der Waals surface area contributed by atoms with Gasteiger partial charge in [0.25, 0.3) is 5.91 Å². The van der Waals surface area contributed by atoms with Gasteiger partial charge in [0.15, 0.2) is 0 Å². The van der Waals surface area contributed by atoms with E-state index in [1.165, 1.54) is 18.2 Å². The van der Waals surface area contributed by atoms with E-state index in [1.54, 1.807) is 0 Å². The SMILES string of the molecule is O=C(O)Nc1ccc(O)c(C(=O)NCCO)c1. The van der Waals surface area contributed by atoms with Crippen molar-refractivity contribution in [2.75, 3.05) is 18.5 Å². The fourth-order valence-corrected chi connectivity index (χ4v) is 1.18. The molecule has 0 heterocycles. The lowest BCUT2D eigenvalue weighted by Gasteiger charge is -2.07. The maximum absolute atomic E-state index is 11.5. The number of phenols is 1. The third kappa shape index (κ3) is 3.65. The van der Waals surface area contributed by atoms with E-state index in [0.29, 0.717) is 0 Å². The number of rotatable bonds is 4. The smallest absolute Gasteiger partial charge is 0.409 e. The number of aliphatic hydroxyl groups excluding tert-OH is 1. The standard InChI is InChI=1S/C10H12N2O5/c13-4-3-11-9(15)7-5-6(12-10(16)17)1-2-8(7)14/h1-2,5,12-14H,3-4H2,(H,11,15)(H,16,17). The Kier molecular flexibility index (Phi) is 4.29. The van der Waals surface area contributed by atoms with E-state index in [9.17, 15) is 14.7 Å². The molecule has 2 amide bonds. The van der Waals surface area contributed by atoms with Crippen molar-refractivity contribution in [3.8, 4) is 5.75 Å². The molecule has 0 saturated carbocycles. The fourth-order valence-electron chi connectivity index (χ4n) is 1.18. The molecule has 1 rings (SSSR count). The van der Waals surface area contributed by atoms with Gasteiger partial charge in [-0.15, -0.1) is 0 Å². The van der Waals surface area contributed by atoms with Gasteiger partial charge in [-0.2, -0.15) is 0 Å². The van der Waals surface area contributed by atoms with Crippen molar-refractivity contribution < 1.29 is 24.9 Å². The highest BCUT2D eigenvalue weighted by Crippen LogP contribution is 2.21. The van der Waals surface area contributed by atoms with Gasteiger partial charge in [-0.3, -0.25) is 10.1 Å². The highest BCUT2D eigenvalue weighted by molar-refractivity contribution is 5.98. The summed E-state index contributed by atoms with van der Waals surface area (Å²) in [7, 11) is 0. The number of anilines is 1. The summed E-state index contributed by atoms with van der Waals surface area (Å²) in [5, 5.41) is 30.9. The highest BCUT2D eigenvalue weighted by Gasteiger charge is 2.12. The normalized spacial score (nSPS) is 9.71. The number of aliphatic hydroxyl groups is 1. The number of hydrogen-bond donors (Lipinski definition) is 5. The number of amides is 2. The Bertz CT molecular complexity index is 433. The van der Waals surface area contributed by atoms with Gasteiger partial charge in [0.05, 0.1) is 12.2 Å². The van der Waals surface area contributed by atoms with E-state index in [2.05, 4.69) is 10.6 Å². The van der Waals surface area contributed by atoms with Crippen LogP contribution in [0.1, 0.15) is 10.4 Å². The third-order valence-electron chi connectivity index (χ3n) is 1.89. The summed E-state index contributed by atoms with van der Waals surface area (Å²) in [5.74, 6) is -0.859. The van der Waals surface area contributed by atoms with Crippen LogP contribution in [0.2, 0.25) is 0 Å². The predicted octanol–water partition coefficient (Wildman–Crippen LogP) is 0.204. The van der Waals surface area contributed by atoms with Gasteiger partial charge in [0.2, 0.25) is 0 Å². The van der Waals surface area contributed by atoms with E-state index < -0.39 is 12.0 Å². The Morgan fingerprint density at radius 1 is 1.29 bits per heavy atom. The molecule has 92 valence electrons. The molecule has 17 heavy (non-hydrogen) atoms. The van der Waals surface area contributed by atoms with Crippen molar-refractivity contribution in [2.45, 2.75) is 0 Å². The monoisotopic (exact) mass is 240 g/mol. The largest absolute Gasteiger partial charge is 0.507 e. The Morgan fingerprint density at radius 3 is 2.59 bits per heavy atom. The average molecular weight is 240 g/mol. The minimum Gasteiger partial charge on any atom is -0.507 e. The summed E-state index contributed by atoms with van der Waals surface area (Å²) in [4.78, 5) is 21.9. The van der Waals surface area contributed by atoms with Gasteiger partial charge in [0.1, 0.15) is 5.75 Å². The lowest BCUT2D eigenvalue weighted by atomic mass is 10.1. The molecular formula is C10H12N2O5. The van der Waals surface area contributed by atoms with Gasteiger partial charge in [-0.1, -0.05) is 0 Å². The van der Waals surface area contributed by atoms with Crippen LogP contribution in [-0.2, 0) is 0 Å². The van der Waals surface area contributed by atoms with E-state index in [4.69, 9.17) is 10.2 Å². The van der Waals surface area contributed by atoms with Crippen molar-refractivity contribution in [3.05, 3.63) is 23.8 Å². The summed E-state index contributed by atoms with van der Waals surface area (Å²) < 4.78 is 0. The number of carbonyl (C=O) groups is 2. The van der Waals surface area contributed by atoms with Crippen LogP contribution in [-0.4, -0.2) is 40.5 Å². The summed E-state index contributed by atoms with van der Waals surface area (Å²) in [6, 6.07) is 3.74. The van der Waals surface area contributed by atoms with Crippen molar-refractivity contribution in [1.82, 2.24) is 5.32 Å². The zero-order valence-corrected chi connectivity index (χ0v) is 8.80. The van der Waals surface area contributed by atoms with Crippen molar-refractivity contribution in [3.63, 3.8) is 0 Å². The third-order valence-corrected chi connectivity index (χ3v) is 1.89. The molecule has 0 aliphatic rings. The zero-order chi connectivity index (χ0) is 12.8. The second kappa shape index (κ2) is 5.71. The van der Waals surface area contributed by atoms with Crippen LogP contribution in [0, 0.1) is 0 Å². The number of benzene rings is 1. The van der Waals surface area contributed by atoms with Crippen LogP contribution in [0.15, 0.2) is 18.2 Å². The molecule has 0 unspecified atom stereocenters. The first-order valence-corrected chi connectivity index (χ1v) is 4.76. The summed E-state index contributed by atoms with van der Waals surface area (Å²) in [6.07, 6.45) is -1.27. The molecule has 0 aliphatic heterocycles. The summed E-state index contributed by atoms with van der Waals surface area (Å²) in [5.41, 5.74) is 0.106. The molecular weight excluding hydrogens is 228 g/mol. The average Bonchev–Trinajstić information content (AvgIpc) is 2.28. The van der Waals surface area contributed by atoms with Crippen LogP contribution in [0.3, 0.4) is 0 Å². The number of aromatic hydroxyl groups is 1. The number of hydrogen-bond acceptors (Lipinski definition) is 4. The van der Waals surface area contributed by atoms with Crippen molar-refractivity contribution in [1.29, 1.82) is 0 Å². The van der Waals surface area contributed by atoms with E-state index >= 15 is 0 Å². The molecule has 1 aromatic carbocycles. The van der Waals surface area contributed by atoms with Crippen LogP contribution < -0.4 is 10.6 Å². The van der Waals surface area contributed by atoms with Gasteiger partial charge >= 0.3 is 6.09 Å². The fraction of sp³-hybridized carbons (Fsp3) is 0.200. The molecule has 0 fully saturated rings. The molecule has 7 heteroatoms. The number of phenolic OH excluding ortho intramolecular Hbond substituents is 1. The van der Waals surface area contributed by atoms with Gasteiger partial charge in [-0.05, 0) is 18.2 Å². The quantitative estimate of drug-likeness (QED) is 0.482. The molecule has 0 saturated heterocycles. The number of carbonyl (C=O) groups excluding carboxylic acids is 1. The summed E-state index contributed by atoms with van der Waals surface area (Å²) >= 11 is 0. The van der Waals surface area contributed by atoms with Crippen LogP contribution in [0.25, 0.3) is 0 Å². The highest BCUT2D eigenvalue weighted by atomic mass is 16.4. The molecule has 7 nitrogen and oxygen atoms in total. The van der Waals surface area contributed by atoms with Crippen molar-refractivity contribution >= 4 is 17.7 Å². The minimum absolute atomic E-state index is 0.0505. The predicted molar refractivity (Wildman–Crippen MR) is 59.2 cm³/mol. The first kappa shape index (κ1) is 12.8. The molecule has 5 N–H and O–H groups in total. The van der Waals surface area contributed by atoms with Gasteiger partial charge < -0.3 is 20.6 Å². The lowest BCUT2D eigenvalue weighted by Crippen LogP contribution is -2.26. The molecule has 0 spiro atoms. The second-order valence-corrected chi connectivity index (χ2v) is 3.14. The molecule has 1 aromatic rings. The summed E-state index contributed by atoms with van der Waals surface area (Å²) in [6.45, 7) is -0.172. The number of carboxylic acid groups (broad SMARTS) is 1. The maximum atomic E-state index is 11.5. The maximum Gasteiger partial charge on any atom is 0.409 e. The first-order chi connectivity index (χ1) is 8.04. The van der Waals surface area contributed by atoms with E-state index in [-0.39, 0.29) is 30.2 Å². The Hall–Kier alpha value is -2.28. The Morgan fingerprint density at radius 2 is 2.00 bits per heavy atom. The van der Waals surface area contributed by atoms with Crippen LogP contribution in [0.4, 0.5) is 10.5 Å². The Balaban J connectivity index is 2.89. The van der Waals surface area contributed by atoms with E-state index in [0.717, 1.165) is 0 Å². The van der Waals surface area contributed by atoms with Gasteiger partial charge in [0, 0.05) is 12.2 Å². The minimum atomic E-state index is -1.27. The first-order valence-electron chi connectivity index (χ1n) is 4.76. The molecule has 0 aromatic heterocycles. The topological polar surface area (TPSA) is 119 Å². The second-order valence-electron chi connectivity index (χ2n) is 3.14. The van der Waals surface area contributed by atoms with Gasteiger partial charge in [-0.25, -0.2) is 4.79 Å². The molecule has 0 radical (unpaired) electrons. The van der Waals surface area contributed by atoms with Crippen LogP contribution >= 0.6 is 0 Å². The molecule has 0 bridgehead atoms. The zero-order valence-electron chi connectivity index (χ0n) is 8.80. The molecule has 0 atom stereocenters. The number of nitrogens with one attached hydrogen (secondary N) is 2. The lowest BCUT2D eigenvalue weighted by molar-refractivity contribution is 0.0942. The van der Waals surface area contributed by atoms with Crippen molar-refractivity contribution in [2.24, 2.45) is 0 Å². The Labute approximate surface area is 96.7 Å². The van der Waals surface area contributed by atoms with Crippen LogP contribution in [0.5, 0.6) is 5.75 Å².